The van der Waals surface area contributed by atoms with Crippen molar-refractivity contribution in [3.05, 3.63) is 23.3 Å². The molecule has 17 heavy (non-hydrogen) atoms. The van der Waals surface area contributed by atoms with Gasteiger partial charge in [0.2, 0.25) is 0 Å². The molecule has 1 atom stereocenters. The molecule has 0 amide bonds. The molecule has 1 aromatic heterocycles. The van der Waals surface area contributed by atoms with Crippen LogP contribution in [0.1, 0.15) is 43.4 Å². The van der Waals surface area contributed by atoms with E-state index in [-0.39, 0.29) is 0 Å². The predicted molar refractivity (Wildman–Crippen MR) is 69.1 cm³/mol. The number of aryl methyl sites for hydroxylation is 1. The average molecular weight is 237 g/mol. The third kappa shape index (κ3) is 4.79. The monoisotopic (exact) mass is 237 g/mol. The molecule has 0 aliphatic carbocycles. The molecule has 0 aliphatic heterocycles. The minimum atomic E-state index is 0.424. The molecule has 1 aromatic rings. The minimum absolute atomic E-state index is 0.424. The van der Waals surface area contributed by atoms with Crippen molar-refractivity contribution in [2.24, 2.45) is 0 Å². The summed E-state index contributed by atoms with van der Waals surface area (Å²) in [4.78, 5) is 9.07. The summed E-state index contributed by atoms with van der Waals surface area (Å²) in [7, 11) is 1.71. The van der Waals surface area contributed by atoms with Crippen molar-refractivity contribution in [1.82, 2.24) is 15.3 Å². The van der Waals surface area contributed by atoms with Crippen molar-refractivity contribution in [1.29, 1.82) is 0 Å². The first kappa shape index (κ1) is 14.1. The molecule has 0 aliphatic rings. The molecule has 4 nitrogen and oxygen atoms in total. The van der Waals surface area contributed by atoms with Crippen LogP contribution in [0.5, 0.6) is 0 Å². The van der Waals surface area contributed by atoms with Gasteiger partial charge < -0.3 is 10.1 Å². The molecule has 1 unspecified atom stereocenters. The van der Waals surface area contributed by atoms with Crippen LogP contribution in [0.15, 0.2) is 6.07 Å². The fourth-order valence-electron chi connectivity index (χ4n) is 1.54. The Morgan fingerprint density at radius 3 is 2.82 bits per heavy atom. The lowest BCUT2D eigenvalue weighted by molar-refractivity contribution is 0.199. The van der Waals surface area contributed by atoms with Gasteiger partial charge in [0.25, 0.3) is 0 Å². The second-order valence-corrected chi connectivity index (χ2v) is 4.34. The molecular weight excluding hydrogens is 214 g/mol. The standard InChI is InChI=1S/C13H23N3O/c1-5-10(2)13-15-11(3)8-12(16-13)9-14-6-7-17-4/h8,10,14H,5-7,9H2,1-4H3. The van der Waals surface area contributed by atoms with Crippen molar-refractivity contribution in [2.45, 2.75) is 39.7 Å². The largest absolute Gasteiger partial charge is 0.383 e. The van der Waals surface area contributed by atoms with E-state index >= 15 is 0 Å². The second kappa shape index (κ2) is 7.35. The second-order valence-electron chi connectivity index (χ2n) is 4.34. The molecule has 1 heterocycles. The van der Waals surface area contributed by atoms with Crippen LogP contribution in [0.25, 0.3) is 0 Å². The van der Waals surface area contributed by atoms with Crippen LogP contribution >= 0.6 is 0 Å². The topological polar surface area (TPSA) is 47.0 Å². The maximum atomic E-state index is 4.99. The quantitative estimate of drug-likeness (QED) is 0.737. The van der Waals surface area contributed by atoms with Gasteiger partial charge in [-0.1, -0.05) is 13.8 Å². The summed E-state index contributed by atoms with van der Waals surface area (Å²) >= 11 is 0. The number of hydrogen-bond acceptors (Lipinski definition) is 4. The van der Waals surface area contributed by atoms with E-state index in [1.807, 2.05) is 13.0 Å². The molecule has 0 radical (unpaired) electrons. The third-order valence-electron chi connectivity index (χ3n) is 2.77. The summed E-state index contributed by atoms with van der Waals surface area (Å²) in [6, 6.07) is 2.03. The lowest BCUT2D eigenvalue weighted by atomic mass is 10.1. The van der Waals surface area contributed by atoms with Gasteiger partial charge in [-0.2, -0.15) is 0 Å². The number of nitrogens with zero attached hydrogens (tertiary/aromatic N) is 2. The maximum absolute atomic E-state index is 4.99. The molecule has 4 heteroatoms. The van der Waals surface area contributed by atoms with Crippen molar-refractivity contribution < 1.29 is 4.74 Å². The van der Waals surface area contributed by atoms with Crippen LogP contribution in [0.3, 0.4) is 0 Å². The summed E-state index contributed by atoms with van der Waals surface area (Å²) in [5.74, 6) is 1.38. The van der Waals surface area contributed by atoms with Crippen molar-refractivity contribution >= 4 is 0 Å². The van der Waals surface area contributed by atoms with Gasteiger partial charge in [0.15, 0.2) is 0 Å². The molecular formula is C13H23N3O. The van der Waals surface area contributed by atoms with Gasteiger partial charge in [-0.25, -0.2) is 9.97 Å². The van der Waals surface area contributed by atoms with Crippen LogP contribution in [0.4, 0.5) is 0 Å². The van der Waals surface area contributed by atoms with Gasteiger partial charge in [0.05, 0.1) is 12.3 Å². The van der Waals surface area contributed by atoms with E-state index < -0.39 is 0 Å². The highest BCUT2D eigenvalue weighted by Gasteiger charge is 2.08. The molecule has 0 spiro atoms. The van der Waals surface area contributed by atoms with E-state index in [0.717, 1.165) is 43.3 Å². The van der Waals surface area contributed by atoms with Gasteiger partial charge >= 0.3 is 0 Å². The summed E-state index contributed by atoms with van der Waals surface area (Å²) in [6.07, 6.45) is 1.07. The summed E-state index contributed by atoms with van der Waals surface area (Å²) in [5, 5.41) is 3.30. The Bertz CT molecular complexity index is 341. The van der Waals surface area contributed by atoms with Gasteiger partial charge in [0, 0.05) is 31.8 Å². The SMILES string of the molecule is CCC(C)c1nc(C)cc(CNCCOC)n1. The van der Waals surface area contributed by atoms with E-state index in [4.69, 9.17) is 4.74 Å². The number of rotatable bonds is 7. The fraction of sp³-hybridized carbons (Fsp3) is 0.692. The molecule has 0 saturated carbocycles. The predicted octanol–water partition coefficient (Wildman–Crippen LogP) is 2.03. The lowest BCUT2D eigenvalue weighted by Crippen LogP contribution is -2.20. The number of methoxy groups -OCH3 is 1. The average Bonchev–Trinajstić information content (AvgIpc) is 2.33. The molecule has 0 aromatic carbocycles. The first-order valence-corrected chi connectivity index (χ1v) is 6.21. The van der Waals surface area contributed by atoms with Crippen LogP contribution in [0.2, 0.25) is 0 Å². The maximum Gasteiger partial charge on any atom is 0.131 e. The van der Waals surface area contributed by atoms with E-state index in [9.17, 15) is 0 Å². The zero-order valence-electron chi connectivity index (χ0n) is 11.3. The Kier molecular flexibility index (Phi) is 6.08. The van der Waals surface area contributed by atoms with Crippen LogP contribution in [-0.4, -0.2) is 30.2 Å². The molecule has 1 rings (SSSR count). The Balaban J connectivity index is 2.62. The van der Waals surface area contributed by atoms with Crippen LogP contribution in [-0.2, 0) is 11.3 Å². The van der Waals surface area contributed by atoms with Crippen LogP contribution in [0, 0.1) is 6.92 Å². The van der Waals surface area contributed by atoms with Crippen LogP contribution < -0.4 is 5.32 Å². The van der Waals surface area contributed by atoms with Gasteiger partial charge in [-0.15, -0.1) is 0 Å². The number of hydrogen-bond donors (Lipinski definition) is 1. The first-order valence-electron chi connectivity index (χ1n) is 6.21. The Morgan fingerprint density at radius 1 is 1.41 bits per heavy atom. The van der Waals surface area contributed by atoms with Crippen molar-refractivity contribution in [3.8, 4) is 0 Å². The normalized spacial score (nSPS) is 12.7. The zero-order chi connectivity index (χ0) is 12.7. The first-order chi connectivity index (χ1) is 8.17. The molecule has 0 fully saturated rings. The Morgan fingerprint density at radius 2 is 2.18 bits per heavy atom. The molecule has 1 N–H and O–H groups in total. The Labute approximate surface area is 104 Å². The number of ether oxygens (including phenoxy) is 1. The van der Waals surface area contributed by atoms with Crippen molar-refractivity contribution in [3.63, 3.8) is 0 Å². The molecule has 96 valence electrons. The van der Waals surface area contributed by atoms with Gasteiger partial charge in [-0.05, 0) is 19.4 Å². The van der Waals surface area contributed by atoms with E-state index in [1.54, 1.807) is 7.11 Å². The van der Waals surface area contributed by atoms with E-state index in [2.05, 4.69) is 29.1 Å². The molecule has 0 bridgehead atoms. The number of aromatic nitrogens is 2. The fourth-order valence-corrected chi connectivity index (χ4v) is 1.54. The lowest BCUT2D eigenvalue weighted by Gasteiger charge is -2.10. The summed E-state index contributed by atoms with van der Waals surface area (Å²) in [5.41, 5.74) is 2.10. The van der Waals surface area contributed by atoms with Gasteiger partial charge in [0.1, 0.15) is 5.82 Å². The highest BCUT2D eigenvalue weighted by molar-refractivity contribution is 5.11. The highest BCUT2D eigenvalue weighted by Crippen LogP contribution is 2.15. The summed E-state index contributed by atoms with van der Waals surface area (Å²) in [6.45, 7) is 8.69. The minimum Gasteiger partial charge on any atom is -0.383 e. The highest BCUT2D eigenvalue weighted by atomic mass is 16.5. The third-order valence-corrected chi connectivity index (χ3v) is 2.77. The number of nitrogens with one attached hydrogen (secondary N) is 1. The van der Waals surface area contributed by atoms with E-state index in [0.29, 0.717) is 5.92 Å². The van der Waals surface area contributed by atoms with E-state index in [1.165, 1.54) is 0 Å². The zero-order valence-corrected chi connectivity index (χ0v) is 11.3. The van der Waals surface area contributed by atoms with Crippen molar-refractivity contribution in [2.75, 3.05) is 20.3 Å². The van der Waals surface area contributed by atoms with Gasteiger partial charge in [-0.3, -0.25) is 0 Å². The molecule has 0 saturated heterocycles. The summed E-state index contributed by atoms with van der Waals surface area (Å²) < 4.78 is 4.99. The smallest absolute Gasteiger partial charge is 0.131 e. The Hall–Kier alpha value is -1.00.